The van der Waals surface area contributed by atoms with Crippen LogP contribution in [0.15, 0.2) is 5.38 Å². The minimum absolute atomic E-state index is 0.224. The lowest BCUT2D eigenvalue weighted by Gasteiger charge is -2.26. The molecule has 0 unspecified atom stereocenters. The van der Waals surface area contributed by atoms with Crippen molar-refractivity contribution >= 4 is 11.3 Å². The molecule has 0 bridgehead atoms. The van der Waals surface area contributed by atoms with Crippen LogP contribution in [0.5, 0.6) is 0 Å². The highest BCUT2D eigenvalue weighted by atomic mass is 32.1. The lowest BCUT2D eigenvalue weighted by Crippen LogP contribution is -2.31. The second-order valence-electron chi connectivity index (χ2n) is 3.54. The van der Waals surface area contributed by atoms with Gasteiger partial charge in [0.25, 0.3) is 0 Å². The summed E-state index contributed by atoms with van der Waals surface area (Å²) in [6, 6.07) is 0. The van der Waals surface area contributed by atoms with Crippen LogP contribution < -0.4 is 0 Å². The standard InChI is InChI=1S/C10H14FNS/c1-8-7-13-10-2-4-12(5-3-11)6-9(8)10/h7H,2-6H2,1H3. The molecule has 0 radical (unpaired) electrons. The van der Waals surface area contributed by atoms with Crippen LogP contribution in [0.2, 0.25) is 0 Å². The third kappa shape index (κ3) is 1.76. The largest absolute Gasteiger partial charge is 0.296 e. The van der Waals surface area contributed by atoms with Gasteiger partial charge in [0, 0.05) is 24.5 Å². The summed E-state index contributed by atoms with van der Waals surface area (Å²) in [5.74, 6) is 0. The van der Waals surface area contributed by atoms with E-state index in [1.165, 1.54) is 16.0 Å². The number of nitrogens with zero attached hydrogens (tertiary/aromatic N) is 1. The summed E-state index contributed by atoms with van der Waals surface area (Å²) >= 11 is 1.85. The van der Waals surface area contributed by atoms with Gasteiger partial charge in [-0.3, -0.25) is 4.90 Å². The molecule has 0 fully saturated rings. The molecule has 0 aromatic carbocycles. The maximum Gasteiger partial charge on any atom is 0.102 e. The summed E-state index contributed by atoms with van der Waals surface area (Å²) in [6.45, 7) is 4.49. The molecule has 2 rings (SSSR count). The quantitative estimate of drug-likeness (QED) is 0.707. The van der Waals surface area contributed by atoms with Gasteiger partial charge in [0.2, 0.25) is 0 Å². The molecule has 1 aliphatic heterocycles. The second kappa shape index (κ2) is 3.76. The summed E-state index contributed by atoms with van der Waals surface area (Å²) in [5, 5.41) is 2.21. The Morgan fingerprint density at radius 1 is 1.62 bits per heavy atom. The van der Waals surface area contributed by atoms with Crippen LogP contribution in [0, 0.1) is 6.92 Å². The number of aryl methyl sites for hydroxylation is 1. The van der Waals surface area contributed by atoms with E-state index in [0.29, 0.717) is 6.54 Å². The molecule has 0 spiro atoms. The zero-order chi connectivity index (χ0) is 9.26. The van der Waals surface area contributed by atoms with Crippen LogP contribution in [0.25, 0.3) is 0 Å². The predicted molar refractivity (Wildman–Crippen MR) is 54.0 cm³/mol. The molecule has 0 aliphatic carbocycles. The highest BCUT2D eigenvalue weighted by Crippen LogP contribution is 2.27. The first-order valence-corrected chi connectivity index (χ1v) is 5.53. The van der Waals surface area contributed by atoms with Crippen molar-refractivity contribution in [2.45, 2.75) is 19.9 Å². The Balaban J connectivity index is 2.13. The zero-order valence-electron chi connectivity index (χ0n) is 7.85. The van der Waals surface area contributed by atoms with Crippen molar-refractivity contribution in [1.82, 2.24) is 4.90 Å². The molecule has 0 saturated carbocycles. The minimum Gasteiger partial charge on any atom is -0.296 e. The summed E-state index contributed by atoms with van der Waals surface area (Å²) in [7, 11) is 0. The molecule has 2 heterocycles. The third-order valence-electron chi connectivity index (χ3n) is 2.63. The third-order valence-corrected chi connectivity index (χ3v) is 3.83. The van der Waals surface area contributed by atoms with Crippen molar-refractivity contribution in [1.29, 1.82) is 0 Å². The fourth-order valence-corrected chi connectivity index (χ4v) is 2.86. The Bertz CT molecular complexity index is 295. The Morgan fingerprint density at radius 2 is 2.46 bits per heavy atom. The molecule has 1 aliphatic rings. The van der Waals surface area contributed by atoms with Gasteiger partial charge in [0.15, 0.2) is 0 Å². The summed E-state index contributed by atoms with van der Waals surface area (Å²) in [4.78, 5) is 3.70. The van der Waals surface area contributed by atoms with Gasteiger partial charge in [-0.05, 0) is 29.9 Å². The number of hydrogen-bond acceptors (Lipinski definition) is 2. The van der Waals surface area contributed by atoms with Gasteiger partial charge in [-0.2, -0.15) is 0 Å². The molecular weight excluding hydrogens is 185 g/mol. The Labute approximate surface area is 82.2 Å². The predicted octanol–water partition coefficient (Wildman–Crippen LogP) is 2.38. The van der Waals surface area contributed by atoms with Crippen molar-refractivity contribution in [2.24, 2.45) is 0 Å². The van der Waals surface area contributed by atoms with Crippen molar-refractivity contribution in [3.05, 3.63) is 21.4 Å². The fourth-order valence-electron chi connectivity index (χ4n) is 1.82. The average Bonchev–Trinajstić information content (AvgIpc) is 2.49. The number of hydrogen-bond donors (Lipinski definition) is 0. The normalized spacial score (nSPS) is 17.4. The Kier molecular flexibility index (Phi) is 2.65. The van der Waals surface area contributed by atoms with Crippen molar-refractivity contribution in [2.75, 3.05) is 19.8 Å². The highest BCUT2D eigenvalue weighted by Gasteiger charge is 2.18. The molecule has 1 aromatic heterocycles. The molecule has 0 atom stereocenters. The number of fused-ring (bicyclic) bond motifs is 1. The smallest absolute Gasteiger partial charge is 0.102 e. The maximum absolute atomic E-state index is 12.1. The monoisotopic (exact) mass is 199 g/mol. The van der Waals surface area contributed by atoms with E-state index in [1.54, 1.807) is 0 Å². The van der Waals surface area contributed by atoms with E-state index in [9.17, 15) is 4.39 Å². The minimum atomic E-state index is -0.224. The number of rotatable bonds is 2. The first kappa shape index (κ1) is 9.16. The summed E-state index contributed by atoms with van der Waals surface area (Å²) in [6.07, 6.45) is 1.10. The summed E-state index contributed by atoms with van der Waals surface area (Å²) < 4.78 is 12.1. The van der Waals surface area contributed by atoms with Gasteiger partial charge >= 0.3 is 0 Å². The van der Waals surface area contributed by atoms with E-state index in [1.807, 2.05) is 11.3 Å². The van der Waals surface area contributed by atoms with Crippen molar-refractivity contribution in [3.8, 4) is 0 Å². The zero-order valence-corrected chi connectivity index (χ0v) is 8.66. The number of alkyl halides is 1. The average molecular weight is 199 g/mol. The van der Waals surface area contributed by atoms with Crippen LogP contribution in [0.1, 0.15) is 16.0 Å². The van der Waals surface area contributed by atoms with E-state index in [2.05, 4.69) is 17.2 Å². The lowest BCUT2D eigenvalue weighted by molar-refractivity contribution is 0.232. The topological polar surface area (TPSA) is 3.24 Å². The van der Waals surface area contributed by atoms with Crippen LogP contribution in [-0.2, 0) is 13.0 Å². The van der Waals surface area contributed by atoms with Crippen LogP contribution in [0.3, 0.4) is 0 Å². The van der Waals surface area contributed by atoms with E-state index in [0.717, 1.165) is 19.5 Å². The van der Waals surface area contributed by atoms with E-state index in [-0.39, 0.29) is 6.67 Å². The highest BCUT2D eigenvalue weighted by molar-refractivity contribution is 7.10. The second-order valence-corrected chi connectivity index (χ2v) is 4.50. The molecule has 72 valence electrons. The maximum atomic E-state index is 12.1. The lowest BCUT2D eigenvalue weighted by atomic mass is 10.1. The molecule has 1 aromatic rings. The Morgan fingerprint density at radius 3 is 3.23 bits per heavy atom. The van der Waals surface area contributed by atoms with Crippen LogP contribution in [-0.4, -0.2) is 24.7 Å². The van der Waals surface area contributed by atoms with Crippen LogP contribution in [0.4, 0.5) is 4.39 Å². The molecule has 1 nitrogen and oxygen atoms in total. The van der Waals surface area contributed by atoms with Crippen molar-refractivity contribution < 1.29 is 4.39 Å². The Hall–Kier alpha value is -0.410. The molecular formula is C10H14FNS. The first-order valence-electron chi connectivity index (χ1n) is 4.65. The molecule has 3 heteroatoms. The molecule has 13 heavy (non-hydrogen) atoms. The molecule has 0 N–H and O–H groups in total. The SMILES string of the molecule is Cc1csc2c1CN(CCF)CC2. The van der Waals surface area contributed by atoms with Gasteiger partial charge in [0.05, 0.1) is 0 Å². The molecule has 0 amide bonds. The number of thiophene rings is 1. The molecule has 0 saturated heterocycles. The number of halogens is 1. The van der Waals surface area contributed by atoms with Gasteiger partial charge in [-0.1, -0.05) is 0 Å². The van der Waals surface area contributed by atoms with Gasteiger partial charge < -0.3 is 0 Å². The van der Waals surface area contributed by atoms with Gasteiger partial charge in [0.1, 0.15) is 6.67 Å². The van der Waals surface area contributed by atoms with E-state index < -0.39 is 0 Å². The van der Waals surface area contributed by atoms with E-state index in [4.69, 9.17) is 0 Å². The summed E-state index contributed by atoms with van der Waals surface area (Å²) in [5.41, 5.74) is 2.83. The van der Waals surface area contributed by atoms with Crippen molar-refractivity contribution in [3.63, 3.8) is 0 Å². The van der Waals surface area contributed by atoms with Crippen LogP contribution >= 0.6 is 11.3 Å². The van der Waals surface area contributed by atoms with Gasteiger partial charge in [-0.15, -0.1) is 11.3 Å². The fraction of sp³-hybridized carbons (Fsp3) is 0.600. The van der Waals surface area contributed by atoms with Gasteiger partial charge in [-0.25, -0.2) is 4.39 Å². The first-order chi connectivity index (χ1) is 6.31. The van der Waals surface area contributed by atoms with E-state index >= 15 is 0 Å².